The van der Waals surface area contributed by atoms with E-state index >= 15 is 0 Å². The molecule has 0 fully saturated rings. The molecule has 5 nitrogen and oxygen atoms in total. The molecule has 0 unspecified atom stereocenters. The van der Waals surface area contributed by atoms with Gasteiger partial charge >= 0.3 is 5.97 Å². The van der Waals surface area contributed by atoms with E-state index in [9.17, 15) is 14.7 Å². The van der Waals surface area contributed by atoms with Gasteiger partial charge in [-0.25, -0.2) is 9.78 Å². The van der Waals surface area contributed by atoms with Gasteiger partial charge in [0.1, 0.15) is 10.7 Å². The monoisotopic (exact) mass is 376 g/mol. The number of aryl methyl sites for hydroxylation is 1. The first-order valence-electron chi connectivity index (χ1n) is 8.41. The lowest BCUT2D eigenvalue weighted by molar-refractivity contribution is 0.0696. The predicted octanol–water partition coefficient (Wildman–Crippen LogP) is 4.18. The number of nitrogens with zero attached hydrogens (tertiary/aromatic N) is 2. The van der Waals surface area contributed by atoms with Gasteiger partial charge in [0.15, 0.2) is 0 Å². The molecule has 2 aromatic carbocycles. The van der Waals surface area contributed by atoms with Crippen molar-refractivity contribution in [3.63, 3.8) is 0 Å². The van der Waals surface area contributed by atoms with Crippen LogP contribution in [0.2, 0.25) is 0 Å². The largest absolute Gasteiger partial charge is 0.478 e. The Kier molecular flexibility index (Phi) is 4.33. The molecule has 6 heteroatoms. The fraction of sp³-hybridized carbons (Fsp3) is 0.0952. The number of hydrogen-bond donors (Lipinski definition) is 1. The SMILES string of the molecule is Cc1nc2scc(-c3ccccc3)c2c(=O)n1Cc1cccc(C(=O)O)c1. The van der Waals surface area contributed by atoms with E-state index in [1.54, 1.807) is 23.6 Å². The molecule has 0 spiro atoms. The summed E-state index contributed by atoms with van der Waals surface area (Å²) in [6.07, 6.45) is 0. The van der Waals surface area contributed by atoms with E-state index in [1.165, 1.54) is 17.4 Å². The highest BCUT2D eigenvalue weighted by Crippen LogP contribution is 2.30. The fourth-order valence-electron chi connectivity index (χ4n) is 3.13. The average Bonchev–Trinajstić information content (AvgIpc) is 3.10. The highest BCUT2D eigenvalue weighted by atomic mass is 32.1. The normalized spacial score (nSPS) is 11.0. The number of carbonyl (C=O) groups is 1. The van der Waals surface area contributed by atoms with Gasteiger partial charge in [0.05, 0.1) is 17.5 Å². The molecule has 0 radical (unpaired) electrons. The number of carboxylic acid groups (broad SMARTS) is 1. The number of thiophene rings is 1. The molecule has 0 amide bonds. The molecule has 4 aromatic rings. The summed E-state index contributed by atoms with van der Waals surface area (Å²) in [6, 6.07) is 16.4. The zero-order valence-corrected chi connectivity index (χ0v) is 15.4. The van der Waals surface area contributed by atoms with E-state index in [4.69, 9.17) is 0 Å². The summed E-state index contributed by atoms with van der Waals surface area (Å²) in [5.74, 6) is -0.381. The molecule has 0 aliphatic carbocycles. The second kappa shape index (κ2) is 6.81. The first-order chi connectivity index (χ1) is 13.0. The van der Waals surface area contributed by atoms with Crippen LogP contribution in [0.25, 0.3) is 21.3 Å². The van der Waals surface area contributed by atoms with Crippen molar-refractivity contribution in [2.24, 2.45) is 0 Å². The number of carboxylic acids is 1. The van der Waals surface area contributed by atoms with Crippen LogP contribution < -0.4 is 5.56 Å². The number of aromatic nitrogens is 2. The van der Waals surface area contributed by atoms with Gasteiger partial charge in [-0.05, 0) is 30.2 Å². The molecule has 0 saturated carbocycles. The van der Waals surface area contributed by atoms with Crippen LogP contribution in [0, 0.1) is 6.92 Å². The van der Waals surface area contributed by atoms with Crippen molar-refractivity contribution in [3.05, 3.63) is 87.3 Å². The van der Waals surface area contributed by atoms with Crippen molar-refractivity contribution in [2.75, 3.05) is 0 Å². The maximum atomic E-state index is 13.2. The molecule has 0 aliphatic heterocycles. The first-order valence-corrected chi connectivity index (χ1v) is 9.29. The van der Waals surface area contributed by atoms with Crippen molar-refractivity contribution in [3.8, 4) is 11.1 Å². The van der Waals surface area contributed by atoms with Gasteiger partial charge in [-0.15, -0.1) is 11.3 Å². The Labute approximate surface area is 159 Å². The summed E-state index contributed by atoms with van der Waals surface area (Å²) in [7, 11) is 0. The van der Waals surface area contributed by atoms with Crippen molar-refractivity contribution in [1.82, 2.24) is 9.55 Å². The number of rotatable bonds is 4. The molecule has 0 atom stereocenters. The minimum Gasteiger partial charge on any atom is -0.478 e. The molecule has 134 valence electrons. The molecule has 2 heterocycles. The van der Waals surface area contributed by atoms with Gasteiger partial charge in [-0.1, -0.05) is 42.5 Å². The fourth-order valence-corrected chi connectivity index (χ4v) is 4.11. The molecule has 27 heavy (non-hydrogen) atoms. The zero-order chi connectivity index (χ0) is 19.0. The van der Waals surface area contributed by atoms with Crippen molar-refractivity contribution in [2.45, 2.75) is 13.5 Å². The summed E-state index contributed by atoms with van der Waals surface area (Å²) in [5, 5.41) is 11.7. The van der Waals surface area contributed by atoms with Crippen LogP contribution in [-0.2, 0) is 6.54 Å². The summed E-state index contributed by atoms with van der Waals surface area (Å²) >= 11 is 1.46. The van der Waals surface area contributed by atoms with E-state index in [0.29, 0.717) is 16.0 Å². The zero-order valence-electron chi connectivity index (χ0n) is 14.5. The first kappa shape index (κ1) is 17.2. The smallest absolute Gasteiger partial charge is 0.335 e. The van der Waals surface area contributed by atoms with Crippen molar-refractivity contribution in [1.29, 1.82) is 0 Å². The van der Waals surface area contributed by atoms with Crippen LogP contribution in [-0.4, -0.2) is 20.6 Å². The molecule has 2 aromatic heterocycles. The van der Waals surface area contributed by atoms with E-state index in [1.807, 2.05) is 41.8 Å². The Hall–Kier alpha value is -3.25. The van der Waals surface area contributed by atoms with E-state index < -0.39 is 5.97 Å². The number of fused-ring (bicyclic) bond motifs is 1. The summed E-state index contributed by atoms with van der Waals surface area (Å²) in [6.45, 7) is 2.07. The molecule has 0 bridgehead atoms. The topological polar surface area (TPSA) is 72.2 Å². The van der Waals surface area contributed by atoms with Crippen LogP contribution in [0.4, 0.5) is 0 Å². The minimum atomic E-state index is -0.987. The lowest BCUT2D eigenvalue weighted by Gasteiger charge is -2.11. The molecule has 0 aliphatic rings. The molecular formula is C21H16N2O3S. The van der Waals surface area contributed by atoms with Crippen LogP contribution in [0.5, 0.6) is 0 Å². The lowest BCUT2D eigenvalue weighted by Crippen LogP contribution is -2.24. The molecule has 1 N–H and O–H groups in total. The highest BCUT2D eigenvalue weighted by molar-refractivity contribution is 7.17. The Morgan fingerprint density at radius 3 is 2.67 bits per heavy atom. The molecule has 4 rings (SSSR count). The van der Waals surface area contributed by atoms with Gasteiger partial charge < -0.3 is 5.11 Å². The van der Waals surface area contributed by atoms with Crippen LogP contribution in [0.1, 0.15) is 21.7 Å². The summed E-state index contributed by atoms with van der Waals surface area (Å²) in [4.78, 5) is 29.8. The van der Waals surface area contributed by atoms with Gasteiger partial charge in [0, 0.05) is 10.9 Å². The van der Waals surface area contributed by atoms with Crippen molar-refractivity contribution < 1.29 is 9.90 Å². The Bertz CT molecular complexity index is 1210. The van der Waals surface area contributed by atoms with Crippen LogP contribution >= 0.6 is 11.3 Å². The van der Waals surface area contributed by atoms with Gasteiger partial charge in [-0.2, -0.15) is 0 Å². The maximum Gasteiger partial charge on any atom is 0.335 e. The average molecular weight is 376 g/mol. The second-order valence-electron chi connectivity index (χ2n) is 6.25. The Balaban J connectivity index is 1.85. The van der Waals surface area contributed by atoms with Crippen LogP contribution in [0.15, 0.2) is 64.8 Å². The summed E-state index contributed by atoms with van der Waals surface area (Å²) < 4.78 is 1.60. The second-order valence-corrected chi connectivity index (χ2v) is 7.11. The quantitative estimate of drug-likeness (QED) is 0.580. The lowest BCUT2D eigenvalue weighted by atomic mass is 10.1. The van der Waals surface area contributed by atoms with Gasteiger partial charge in [0.25, 0.3) is 5.56 Å². The summed E-state index contributed by atoms with van der Waals surface area (Å²) in [5.41, 5.74) is 2.69. The number of aromatic carboxylic acids is 1. The third-order valence-corrected chi connectivity index (χ3v) is 5.36. The van der Waals surface area contributed by atoms with E-state index in [-0.39, 0.29) is 17.7 Å². The molecule has 0 saturated heterocycles. The van der Waals surface area contributed by atoms with Crippen molar-refractivity contribution >= 4 is 27.5 Å². The third-order valence-electron chi connectivity index (χ3n) is 4.48. The molecular weight excluding hydrogens is 360 g/mol. The van der Waals surface area contributed by atoms with Gasteiger partial charge in [-0.3, -0.25) is 9.36 Å². The highest BCUT2D eigenvalue weighted by Gasteiger charge is 2.16. The maximum absolute atomic E-state index is 13.2. The standard InChI is InChI=1S/C21H16N2O3S/c1-13-22-19-18(17(12-27-19)15-7-3-2-4-8-15)20(24)23(13)11-14-6-5-9-16(10-14)21(25)26/h2-10,12H,11H2,1H3,(H,25,26). The third kappa shape index (κ3) is 3.15. The van der Waals surface area contributed by atoms with E-state index in [0.717, 1.165) is 16.7 Å². The minimum absolute atomic E-state index is 0.113. The Morgan fingerprint density at radius 2 is 1.93 bits per heavy atom. The Morgan fingerprint density at radius 1 is 1.15 bits per heavy atom. The van der Waals surface area contributed by atoms with Crippen LogP contribution in [0.3, 0.4) is 0 Å². The number of hydrogen-bond acceptors (Lipinski definition) is 4. The van der Waals surface area contributed by atoms with Gasteiger partial charge in [0.2, 0.25) is 0 Å². The number of benzene rings is 2. The van der Waals surface area contributed by atoms with E-state index in [2.05, 4.69) is 4.98 Å². The predicted molar refractivity (Wildman–Crippen MR) is 107 cm³/mol.